The van der Waals surface area contributed by atoms with E-state index in [1.54, 1.807) is 29.2 Å². The topological polar surface area (TPSA) is 79.0 Å². The third-order valence-corrected chi connectivity index (χ3v) is 6.69. The Morgan fingerprint density at radius 2 is 1.73 bits per heavy atom. The molecule has 33 heavy (non-hydrogen) atoms. The predicted molar refractivity (Wildman–Crippen MR) is 126 cm³/mol. The molecule has 2 fully saturated rings. The van der Waals surface area contributed by atoms with Gasteiger partial charge in [-0.3, -0.25) is 19.4 Å². The van der Waals surface area contributed by atoms with Crippen LogP contribution in [-0.4, -0.2) is 59.4 Å². The van der Waals surface area contributed by atoms with Crippen LogP contribution in [-0.2, 0) is 16.1 Å². The number of benzene rings is 2. The third-order valence-electron chi connectivity index (χ3n) is 6.69. The number of nitrogens with zero attached hydrogens (tertiary/aromatic N) is 2. The Kier molecular flexibility index (Phi) is 6.79. The molecule has 0 unspecified atom stereocenters. The van der Waals surface area contributed by atoms with E-state index in [0.717, 1.165) is 31.5 Å². The lowest BCUT2D eigenvalue weighted by Gasteiger charge is -2.38. The van der Waals surface area contributed by atoms with Gasteiger partial charge in [0.05, 0.1) is 13.1 Å². The van der Waals surface area contributed by atoms with E-state index in [1.807, 2.05) is 37.3 Å². The number of carbonyl (C=O) groups is 3. The van der Waals surface area contributed by atoms with Crippen LogP contribution in [0.5, 0.6) is 0 Å². The second-order valence-corrected chi connectivity index (χ2v) is 9.25. The molecule has 2 saturated heterocycles. The molecule has 0 aliphatic carbocycles. The van der Waals surface area contributed by atoms with Crippen LogP contribution in [0.4, 0.5) is 10.5 Å². The first kappa shape index (κ1) is 23.0. The largest absolute Gasteiger partial charge is 0.441 e. The minimum absolute atomic E-state index is 0.000530. The fourth-order valence-electron chi connectivity index (χ4n) is 4.77. The Balaban J connectivity index is 1.25. The lowest BCUT2D eigenvalue weighted by Crippen LogP contribution is -2.47. The molecule has 2 aromatic rings. The molecule has 0 aromatic heterocycles. The fourth-order valence-corrected chi connectivity index (χ4v) is 4.77. The summed E-state index contributed by atoms with van der Waals surface area (Å²) >= 11 is 0. The van der Waals surface area contributed by atoms with Crippen LogP contribution in [0.15, 0.2) is 54.6 Å². The SMILES string of the molecule is CC(=O)c1ccc(NC(=O)CN2CCC([C@@]3(C)CN(Cc4ccccc4)C(=O)O3)CC2)cc1. The third kappa shape index (κ3) is 5.60. The van der Waals surface area contributed by atoms with Crippen molar-refractivity contribution in [1.29, 1.82) is 0 Å². The normalized spacial score (nSPS) is 21.6. The van der Waals surface area contributed by atoms with E-state index in [-0.39, 0.29) is 23.7 Å². The minimum Gasteiger partial charge on any atom is -0.441 e. The number of amides is 2. The van der Waals surface area contributed by atoms with E-state index < -0.39 is 5.60 Å². The predicted octanol–water partition coefficient (Wildman–Crippen LogP) is 3.95. The lowest BCUT2D eigenvalue weighted by atomic mass is 9.81. The Labute approximate surface area is 194 Å². The van der Waals surface area contributed by atoms with Crippen molar-refractivity contribution < 1.29 is 19.1 Å². The first-order valence-electron chi connectivity index (χ1n) is 11.5. The van der Waals surface area contributed by atoms with Crippen LogP contribution in [0.1, 0.15) is 42.6 Å². The maximum absolute atomic E-state index is 12.5. The number of nitrogens with one attached hydrogen (secondary N) is 1. The lowest BCUT2D eigenvalue weighted by molar-refractivity contribution is -0.117. The van der Waals surface area contributed by atoms with Crippen molar-refractivity contribution >= 4 is 23.5 Å². The molecule has 2 amide bonds. The quantitative estimate of drug-likeness (QED) is 0.648. The zero-order valence-corrected chi connectivity index (χ0v) is 19.3. The van der Waals surface area contributed by atoms with Crippen LogP contribution in [0.25, 0.3) is 0 Å². The molecular formula is C26H31N3O4. The summed E-state index contributed by atoms with van der Waals surface area (Å²) in [6.07, 6.45) is 1.51. The number of anilines is 1. The van der Waals surface area contributed by atoms with E-state index >= 15 is 0 Å². The molecule has 0 radical (unpaired) electrons. The molecular weight excluding hydrogens is 418 g/mol. The molecule has 0 saturated carbocycles. The van der Waals surface area contributed by atoms with E-state index in [9.17, 15) is 14.4 Å². The van der Waals surface area contributed by atoms with Gasteiger partial charge in [0.15, 0.2) is 5.78 Å². The number of piperidine rings is 1. The first-order valence-corrected chi connectivity index (χ1v) is 11.5. The number of rotatable bonds is 7. The summed E-state index contributed by atoms with van der Waals surface area (Å²) in [6, 6.07) is 16.9. The molecule has 7 heteroatoms. The van der Waals surface area contributed by atoms with Crippen molar-refractivity contribution in [1.82, 2.24) is 9.80 Å². The van der Waals surface area contributed by atoms with Crippen molar-refractivity contribution in [2.24, 2.45) is 5.92 Å². The van der Waals surface area contributed by atoms with Crippen molar-refractivity contribution in [2.75, 3.05) is 31.5 Å². The summed E-state index contributed by atoms with van der Waals surface area (Å²) in [6.45, 7) is 6.58. The van der Waals surface area contributed by atoms with E-state index in [1.165, 1.54) is 6.92 Å². The summed E-state index contributed by atoms with van der Waals surface area (Å²) in [4.78, 5) is 40.3. The molecule has 7 nitrogen and oxygen atoms in total. The summed E-state index contributed by atoms with van der Waals surface area (Å²) in [5.41, 5.74) is 1.90. The van der Waals surface area contributed by atoms with Crippen LogP contribution in [0.2, 0.25) is 0 Å². The highest BCUT2D eigenvalue weighted by molar-refractivity contribution is 5.96. The van der Waals surface area contributed by atoms with Gasteiger partial charge in [0, 0.05) is 23.7 Å². The molecule has 4 rings (SSSR count). The summed E-state index contributed by atoms with van der Waals surface area (Å²) in [7, 11) is 0. The number of ether oxygens (including phenoxy) is 1. The van der Waals surface area contributed by atoms with Crippen LogP contribution in [0, 0.1) is 5.92 Å². The molecule has 174 valence electrons. The van der Waals surface area contributed by atoms with Gasteiger partial charge in [0.1, 0.15) is 5.60 Å². The maximum atomic E-state index is 12.5. The van der Waals surface area contributed by atoms with Crippen LogP contribution < -0.4 is 5.32 Å². The van der Waals surface area contributed by atoms with Gasteiger partial charge in [0.25, 0.3) is 0 Å². The van der Waals surface area contributed by atoms with E-state index in [4.69, 9.17) is 4.74 Å². The number of cyclic esters (lactones) is 1. The summed E-state index contributed by atoms with van der Waals surface area (Å²) < 4.78 is 5.86. The van der Waals surface area contributed by atoms with Gasteiger partial charge in [-0.05, 0) is 69.6 Å². The number of Topliss-reactive ketones (excluding diaryl/α,β-unsaturated/α-hetero) is 1. The minimum atomic E-state index is -0.501. The number of carbonyl (C=O) groups excluding carboxylic acids is 3. The molecule has 2 aliphatic rings. The molecule has 0 bridgehead atoms. The average Bonchev–Trinajstić information content (AvgIpc) is 3.09. The molecule has 1 N–H and O–H groups in total. The molecule has 0 spiro atoms. The van der Waals surface area contributed by atoms with Gasteiger partial charge >= 0.3 is 6.09 Å². The Bertz CT molecular complexity index is 1000. The van der Waals surface area contributed by atoms with Gasteiger partial charge < -0.3 is 10.1 Å². The Morgan fingerprint density at radius 3 is 2.36 bits per heavy atom. The summed E-state index contributed by atoms with van der Waals surface area (Å²) in [5, 5.41) is 2.90. The molecule has 2 aliphatic heterocycles. The molecule has 1 atom stereocenters. The maximum Gasteiger partial charge on any atom is 0.410 e. The number of likely N-dealkylation sites (tertiary alicyclic amines) is 1. The van der Waals surface area contributed by atoms with Crippen molar-refractivity contribution in [3.05, 3.63) is 65.7 Å². The van der Waals surface area contributed by atoms with Gasteiger partial charge in [-0.25, -0.2) is 4.79 Å². The molecule has 2 aromatic carbocycles. The van der Waals surface area contributed by atoms with E-state index in [0.29, 0.717) is 30.9 Å². The zero-order valence-electron chi connectivity index (χ0n) is 19.3. The van der Waals surface area contributed by atoms with Gasteiger partial charge in [0.2, 0.25) is 5.91 Å². The fraction of sp³-hybridized carbons (Fsp3) is 0.423. The average molecular weight is 450 g/mol. The van der Waals surface area contributed by atoms with Crippen LogP contribution in [0.3, 0.4) is 0 Å². The van der Waals surface area contributed by atoms with Crippen molar-refractivity contribution in [3.8, 4) is 0 Å². The van der Waals surface area contributed by atoms with Gasteiger partial charge in [-0.15, -0.1) is 0 Å². The van der Waals surface area contributed by atoms with Crippen molar-refractivity contribution in [2.45, 2.75) is 38.8 Å². The highest BCUT2D eigenvalue weighted by Gasteiger charge is 2.47. The second kappa shape index (κ2) is 9.75. The Morgan fingerprint density at radius 1 is 1.06 bits per heavy atom. The standard InChI is InChI=1S/C26H31N3O4/c1-19(30)21-8-10-23(11-9-21)27-24(31)17-28-14-12-22(13-15-28)26(2)18-29(25(32)33-26)16-20-6-4-3-5-7-20/h3-11,22H,12-18H2,1-2H3,(H,27,31)/t26-/m1/s1. The smallest absolute Gasteiger partial charge is 0.410 e. The van der Waals surface area contributed by atoms with E-state index in [2.05, 4.69) is 10.2 Å². The number of ketones is 1. The number of hydrogen-bond acceptors (Lipinski definition) is 5. The Hall–Kier alpha value is -3.19. The van der Waals surface area contributed by atoms with Crippen molar-refractivity contribution in [3.63, 3.8) is 0 Å². The monoisotopic (exact) mass is 449 g/mol. The summed E-state index contributed by atoms with van der Waals surface area (Å²) in [5.74, 6) is 0.192. The number of hydrogen-bond donors (Lipinski definition) is 1. The second-order valence-electron chi connectivity index (χ2n) is 9.25. The van der Waals surface area contributed by atoms with Crippen LogP contribution >= 0.6 is 0 Å². The first-order chi connectivity index (χ1) is 15.8. The zero-order chi connectivity index (χ0) is 23.4. The molecule has 2 heterocycles. The highest BCUT2D eigenvalue weighted by atomic mass is 16.6. The van der Waals surface area contributed by atoms with Gasteiger partial charge in [-0.2, -0.15) is 0 Å². The highest BCUT2D eigenvalue weighted by Crippen LogP contribution is 2.36. The van der Waals surface area contributed by atoms with Gasteiger partial charge in [-0.1, -0.05) is 30.3 Å².